The van der Waals surface area contributed by atoms with Crippen LogP contribution in [-0.4, -0.2) is 48.5 Å². The lowest BCUT2D eigenvalue weighted by molar-refractivity contribution is -0.0132. The number of hydrogen-bond acceptors (Lipinski definition) is 4. The Balaban J connectivity index is 1.53. The summed E-state index contributed by atoms with van der Waals surface area (Å²) in [6.07, 6.45) is 3.64. The van der Waals surface area contributed by atoms with Gasteiger partial charge in [0.15, 0.2) is 0 Å². The molecule has 0 aliphatic heterocycles. The van der Waals surface area contributed by atoms with E-state index >= 15 is 0 Å². The molecule has 0 amide bonds. The van der Waals surface area contributed by atoms with Crippen LogP contribution in [0.1, 0.15) is 30.2 Å². The maximum absolute atomic E-state index is 13.5. The molecule has 0 saturated heterocycles. The fourth-order valence-corrected chi connectivity index (χ4v) is 3.75. The van der Waals surface area contributed by atoms with E-state index in [1.54, 1.807) is 25.4 Å². The smallest absolute Gasteiger partial charge is 0.132 e. The Bertz CT molecular complexity index is 940. The molecule has 0 radical (unpaired) electrons. The zero-order valence-corrected chi connectivity index (χ0v) is 18.8. The highest BCUT2D eigenvalue weighted by molar-refractivity contribution is 5.32. The molecule has 0 aliphatic rings. The first-order chi connectivity index (χ1) is 14.9. The summed E-state index contributed by atoms with van der Waals surface area (Å²) in [6, 6.07) is 16.7. The van der Waals surface area contributed by atoms with Crippen LogP contribution in [0.25, 0.3) is 0 Å². The molecule has 2 aromatic carbocycles. The molecule has 0 bridgehead atoms. The quantitative estimate of drug-likeness (QED) is 0.427. The Morgan fingerprint density at radius 1 is 1.03 bits per heavy atom. The molecule has 1 unspecified atom stereocenters. The van der Waals surface area contributed by atoms with Crippen molar-refractivity contribution < 1.29 is 13.9 Å². The second-order valence-electron chi connectivity index (χ2n) is 7.98. The van der Waals surface area contributed by atoms with Gasteiger partial charge in [0.25, 0.3) is 0 Å². The summed E-state index contributed by atoms with van der Waals surface area (Å²) in [6.45, 7) is 4.51. The first-order valence-electron chi connectivity index (χ1n) is 10.6. The average molecular weight is 426 g/mol. The molecule has 0 fully saturated rings. The summed E-state index contributed by atoms with van der Waals surface area (Å²) in [5, 5.41) is 4.29. The van der Waals surface area contributed by atoms with Gasteiger partial charge in [0.05, 0.1) is 12.8 Å². The maximum Gasteiger partial charge on any atom is 0.132 e. The van der Waals surface area contributed by atoms with E-state index in [4.69, 9.17) is 9.47 Å². The highest BCUT2D eigenvalue weighted by Gasteiger charge is 2.32. The molecule has 0 N–H and O–H groups in total. The number of aryl methyl sites for hydroxylation is 1. The first-order valence-corrected chi connectivity index (χ1v) is 10.6. The van der Waals surface area contributed by atoms with Crippen LogP contribution in [0.5, 0.6) is 5.75 Å². The van der Waals surface area contributed by atoms with Gasteiger partial charge in [-0.05, 0) is 68.3 Å². The molecule has 1 atom stereocenters. The highest BCUT2D eigenvalue weighted by Crippen LogP contribution is 2.33. The normalized spacial score (nSPS) is 13.4. The summed E-state index contributed by atoms with van der Waals surface area (Å²) in [5.74, 6) is 0.626. The number of likely N-dealkylation sites (N-methyl/N-ethyl adjacent to an activating group) is 1. The third kappa shape index (κ3) is 5.93. The number of halogens is 1. The Labute approximate surface area is 184 Å². The van der Waals surface area contributed by atoms with Gasteiger partial charge in [-0.15, -0.1) is 0 Å². The number of nitrogens with zero attached hydrogens (tertiary/aromatic N) is 3. The first kappa shape index (κ1) is 23.0. The second kappa shape index (κ2) is 10.6. The van der Waals surface area contributed by atoms with Crippen LogP contribution in [0, 0.1) is 5.82 Å². The van der Waals surface area contributed by atoms with Gasteiger partial charge in [-0.1, -0.05) is 24.3 Å². The second-order valence-corrected chi connectivity index (χ2v) is 7.98. The van der Waals surface area contributed by atoms with Crippen molar-refractivity contribution in [2.45, 2.75) is 25.4 Å². The van der Waals surface area contributed by atoms with Gasteiger partial charge in [-0.3, -0.25) is 4.68 Å². The maximum atomic E-state index is 13.5. The minimum absolute atomic E-state index is 0.255. The standard InChI is InChI=1S/C25H32FN3O2/c1-25(24-14-16-27-29(24)3,21-8-10-22(26)11-9-21)31-19-5-17-28(2)18-15-20-6-12-23(30-4)13-7-20/h6-14,16H,5,15,17-19H2,1-4H3. The van der Waals surface area contributed by atoms with E-state index in [-0.39, 0.29) is 5.82 Å². The van der Waals surface area contributed by atoms with Crippen LogP contribution in [0.2, 0.25) is 0 Å². The van der Waals surface area contributed by atoms with Crippen LogP contribution in [0.3, 0.4) is 0 Å². The van der Waals surface area contributed by atoms with Crippen molar-refractivity contribution in [3.8, 4) is 5.75 Å². The van der Waals surface area contributed by atoms with Crippen molar-refractivity contribution in [3.05, 3.63) is 83.4 Å². The lowest BCUT2D eigenvalue weighted by Gasteiger charge is -2.31. The van der Waals surface area contributed by atoms with E-state index in [1.165, 1.54) is 17.7 Å². The van der Waals surface area contributed by atoms with Crippen molar-refractivity contribution >= 4 is 0 Å². The number of aromatic nitrogens is 2. The van der Waals surface area contributed by atoms with Gasteiger partial charge in [-0.25, -0.2) is 4.39 Å². The van der Waals surface area contributed by atoms with Gasteiger partial charge < -0.3 is 14.4 Å². The van der Waals surface area contributed by atoms with E-state index in [2.05, 4.69) is 29.2 Å². The monoisotopic (exact) mass is 425 g/mol. The van der Waals surface area contributed by atoms with Crippen LogP contribution in [0.4, 0.5) is 4.39 Å². The zero-order valence-electron chi connectivity index (χ0n) is 18.8. The average Bonchev–Trinajstić information content (AvgIpc) is 3.22. The van der Waals surface area contributed by atoms with Gasteiger partial charge in [0.2, 0.25) is 0 Å². The van der Waals surface area contributed by atoms with Gasteiger partial charge in [0.1, 0.15) is 17.2 Å². The predicted octanol–water partition coefficient (Wildman–Crippen LogP) is 4.41. The van der Waals surface area contributed by atoms with Gasteiger partial charge >= 0.3 is 0 Å². The fourth-order valence-electron chi connectivity index (χ4n) is 3.75. The Morgan fingerprint density at radius 3 is 2.35 bits per heavy atom. The topological polar surface area (TPSA) is 39.5 Å². The minimum atomic E-state index is -0.694. The van der Waals surface area contributed by atoms with E-state index < -0.39 is 5.60 Å². The molecule has 3 rings (SSSR count). The largest absolute Gasteiger partial charge is 0.497 e. The van der Waals surface area contributed by atoms with Gasteiger partial charge in [-0.2, -0.15) is 5.10 Å². The van der Waals surface area contributed by atoms with Crippen LogP contribution < -0.4 is 4.74 Å². The van der Waals surface area contributed by atoms with E-state index in [9.17, 15) is 4.39 Å². The molecule has 166 valence electrons. The number of benzene rings is 2. The van der Waals surface area contributed by atoms with Crippen LogP contribution >= 0.6 is 0 Å². The summed E-state index contributed by atoms with van der Waals surface area (Å²) in [5.41, 5.74) is 2.45. The third-order valence-electron chi connectivity index (χ3n) is 5.72. The summed E-state index contributed by atoms with van der Waals surface area (Å²) < 4.78 is 26.9. The Morgan fingerprint density at radius 2 is 1.74 bits per heavy atom. The molecular weight excluding hydrogens is 393 g/mol. The van der Waals surface area contributed by atoms with E-state index in [0.717, 1.165) is 42.9 Å². The van der Waals surface area contributed by atoms with Crippen LogP contribution in [-0.2, 0) is 23.8 Å². The van der Waals surface area contributed by atoms with Crippen molar-refractivity contribution in [1.82, 2.24) is 14.7 Å². The van der Waals surface area contributed by atoms with Crippen LogP contribution in [0.15, 0.2) is 60.8 Å². The predicted molar refractivity (Wildman–Crippen MR) is 121 cm³/mol. The fraction of sp³-hybridized carbons (Fsp3) is 0.400. The number of ether oxygens (including phenoxy) is 2. The zero-order chi connectivity index (χ0) is 22.3. The molecule has 5 nitrogen and oxygen atoms in total. The van der Waals surface area contributed by atoms with E-state index in [1.807, 2.05) is 36.9 Å². The molecule has 0 aliphatic carbocycles. The van der Waals surface area contributed by atoms with E-state index in [0.29, 0.717) is 6.61 Å². The van der Waals surface area contributed by atoms with Crippen molar-refractivity contribution in [1.29, 1.82) is 0 Å². The summed E-state index contributed by atoms with van der Waals surface area (Å²) in [4.78, 5) is 2.31. The molecule has 0 spiro atoms. The van der Waals surface area contributed by atoms with Crippen molar-refractivity contribution in [3.63, 3.8) is 0 Å². The highest BCUT2D eigenvalue weighted by atomic mass is 19.1. The SMILES string of the molecule is COc1ccc(CCN(C)CCCOC(C)(c2ccc(F)cc2)c2ccnn2C)cc1. The van der Waals surface area contributed by atoms with Gasteiger partial charge in [0, 0.05) is 32.9 Å². The molecule has 6 heteroatoms. The Kier molecular flexibility index (Phi) is 7.82. The Hall–Kier alpha value is -2.70. The lowest BCUT2D eigenvalue weighted by atomic mass is 9.92. The molecule has 31 heavy (non-hydrogen) atoms. The summed E-state index contributed by atoms with van der Waals surface area (Å²) in [7, 11) is 5.71. The lowest BCUT2D eigenvalue weighted by Crippen LogP contribution is -2.32. The van der Waals surface area contributed by atoms with Crippen molar-refractivity contribution in [2.75, 3.05) is 33.9 Å². The third-order valence-corrected chi connectivity index (χ3v) is 5.72. The number of rotatable bonds is 11. The number of hydrogen-bond donors (Lipinski definition) is 0. The number of methoxy groups -OCH3 is 1. The molecule has 1 heterocycles. The summed E-state index contributed by atoms with van der Waals surface area (Å²) >= 11 is 0. The molecular formula is C25H32FN3O2. The molecule has 1 aromatic heterocycles. The molecule has 3 aromatic rings. The molecule has 0 saturated carbocycles. The van der Waals surface area contributed by atoms with Crippen molar-refractivity contribution in [2.24, 2.45) is 7.05 Å². The minimum Gasteiger partial charge on any atom is -0.497 e.